The number of hydrogen-bond donors (Lipinski definition) is 4. The summed E-state index contributed by atoms with van der Waals surface area (Å²) in [7, 11) is -4.66. The fraction of sp³-hybridized carbons (Fsp3) is 0.269. The third kappa shape index (κ3) is 6.69. The van der Waals surface area contributed by atoms with Gasteiger partial charge in [-0.15, -0.1) is 0 Å². The number of hydrogen-bond acceptors (Lipinski definition) is 13. The van der Waals surface area contributed by atoms with Crippen LogP contribution in [0.3, 0.4) is 0 Å². The minimum absolute atomic E-state index is 0.0143. The van der Waals surface area contributed by atoms with Crippen molar-refractivity contribution in [3.05, 3.63) is 53.4 Å². The number of nitrogens with zero attached hydrogens (tertiary/aromatic N) is 4. The number of furan rings is 1. The van der Waals surface area contributed by atoms with Gasteiger partial charge >= 0.3 is 0 Å². The molecule has 45 heavy (non-hydrogen) atoms. The van der Waals surface area contributed by atoms with Crippen LogP contribution in [-0.2, 0) is 20.0 Å². The van der Waals surface area contributed by atoms with Gasteiger partial charge in [-0.05, 0) is 30.3 Å². The van der Waals surface area contributed by atoms with E-state index in [4.69, 9.17) is 36.4 Å². The number of ether oxygens (including phenoxy) is 2. The number of primary sulfonamides is 1. The van der Waals surface area contributed by atoms with Crippen LogP contribution in [0, 0.1) is 0 Å². The van der Waals surface area contributed by atoms with Crippen molar-refractivity contribution in [2.75, 3.05) is 63.0 Å². The van der Waals surface area contributed by atoms with Crippen LogP contribution >= 0.6 is 11.6 Å². The first-order valence-corrected chi connectivity index (χ1v) is 16.6. The molecule has 1 saturated heterocycles. The smallest absolute Gasteiger partial charge is 0.289 e. The predicted octanol–water partition coefficient (Wildman–Crippen LogP) is 1.43. The molecule has 1 fully saturated rings. The highest BCUT2D eigenvalue weighted by Crippen LogP contribution is 2.34. The maximum atomic E-state index is 12.4. The Morgan fingerprint density at radius 1 is 1.07 bits per heavy atom. The first kappa shape index (κ1) is 32.0. The lowest BCUT2D eigenvalue weighted by Crippen LogP contribution is -2.49. The largest absolute Gasteiger partial charge is 0.493 e. The standard InChI is InChI=1S/C19H21N5O4.C7H8ClN3O4S2/c1-26-15-10-12-13(11-16(15)27-2)21-19(22-17(12)20)24-7-5-23(6-8-24)18(25)14-4-3-9-28-14;8-4-1-5-7(2-6(4)16(9,12)13)17(14,15)11-3-10-5/h3-4,9-11H,5-8H2,1-2H3,(H2,20,21,22);1-2,10-11H,3H2,(H2,9,12,13). The molecule has 16 nitrogen and oxygen atoms in total. The Kier molecular flexibility index (Phi) is 8.95. The molecule has 2 aromatic carbocycles. The highest BCUT2D eigenvalue weighted by molar-refractivity contribution is 7.90. The van der Waals surface area contributed by atoms with E-state index in [1.807, 2.05) is 4.90 Å². The average Bonchev–Trinajstić information content (AvgIpc) is 3.55. The first-order valence-electron chi connectivity index (χ1n) is 13.2. The molecule has 0 spiro atoms. The van der Waals surface area contributed by atoms with Gasteiger partial charge in [0.05, 0.1) is 43.4 Å². The van der Waals surface area contributed by atoms with Gasteiger partial charge in [0, 0.05) is 37.6 Å². The lowest BCUT2D eigenvalue weighted by Gasteiger charge is -2.34. The van der Waals surface area contributed by atoms with Crippen LogP contribution in [0.1, 0.15) is 10.6 Å². The third-order valence-electron chi connectivity index (χ3n) is 6.97. The zero-order chi connectivity index (χ0) is 32.5. The van der Waals surface area contributed by atoms with Crippen molar-refractivity contribution in [1.82, 2.24) is 19.6 Å². The summed E-state index contributed by atoms with van der Waals surface area (Å²) in [6, 6.07) is 9.08. The molecule has 240 valence electrons. The molecule has 0 bridgehead atoms. The minimum Gasteiger partial charge on any atom is -0.493 e. The summed E-state index contributed by atoms with van der Waals surface area (Å²) in [5.41, 5.74) is 7.08. The number of sulfonamides is 2. The number of carbonyl (C=O) groups is 1. The van der Waals surface area contributed by atoms with E-state index in [1.165, 1.54) is 12.3 Å². The number of nitrogen functional groups attached to an aromatic ring is 1. The molecular formula is C26H29ClN8O8S2. The molecule has 1 amide bonds. The number of fused-ring (bicyclic) bond motifs is 2. The Hall–Kier alpha value is -4.36. The van der Waals surface area contributed by atoms with E-state index in [0.29, 0.717) is 66.1 Å². The molecule has 4 heterocycles. The first-order chi connectivity index (χ1) is 21.3. The molecule has 0 unspecified atom stereocenters. The average molecular weight is 681 g/mol. The Morgan fingerprint density at radius 2 is 1.76 bits per heavy atom. The summed E-state index contributed by atoms with van der Waals surface area (Å²) in [4.78, 5) is 24.6. The van der Waals surface area contributed by atoms with Gasteiger partial charge in [-0.3, -0.25) is 4.79 Å². The van der Waals surface area contributed by atoms with Gasteiger partial charge in [-0.1, -0.05) is 11.6 Å². The molecule has 2 aliphatic heterocycles. The third-order valence-corrected chi connectivity index (χ3v) is 9.79. The van der Waals surface area contributed by atoms with Gasteiger partial charge in [0.2, 0.25) is 26.0 Å². The summed E-state index contributed by atoms with van der Waals surface area (Å²) < 4.78 is 63.7. The van der Waals surface area contributed by atoms with E-state index in [1.54, 1.807) is 43.4 Å². The van der Waals surface area contributed by atoms with E-state index in [0.717, 1.165) is 6.07 Å². The second-order valence-electron chi connectivity index (χ2n) is 9.71. The molecular weight excluding hydrogens is 652 g/mol. The number of nitrogens with two attached hydrogens (primary N) is 2. The lowest BCUT2D eigenvalue weighted by atomic mass is 10.2. The molecule has 0 radical (unpaired) electrons. The van der Waals surface area contributed by atoms with Gasteiger partial charge in [-0.25, -0.2) is 27.0 Å². The zero-order valence-corrected chi connectivity index (χ0v) is 26.4. The van der Waals surface area contributed by atoms with E-state index in [-0.39, 0.29) is 28.2 Å². The van der Waals surface area contributed by atoms with E-state index in [2.05, 4.69) is 20.0 Å². The van der Waals surface area contributed by atoms with Crippen molar-refractivity contribution in [2.45, 2.75) is 9.79 Å². The fourth-order valence-corrected chi connectivity index (χ4v) is 6.98. The molecule has 4 aromatic rings. The maximum absolute atomic E-state index is 12.4. The minimum atomic E-state index is -4.07. The van der Waals surface area contributed by atoms with Crippen LogP contribution in [0.25, 0.3) is 10.9 Å². The van der Waals surface area contributed by atoms with Crippen molar-refractivity contribution in [1.29, 1.82) is 0 Å². The Balaban J connectivity index is 0.000000201. The Labute approximate surface area is 263 Å². The summed E-state index contributed by atoms with van der Waals surface area (Å²) in [6.45, 7) is 2.31. The molecule has 6 rings (SSSR count). The van der Waals surface area contributed by atoms with Crippen LogP contribution in [-0.4, -0.2) is 84.7 Å². The van der Waals surface area contributed by atoms with E-state index in [9.17, 15) is 21.6 Å². The normalized spacial score (nSPS) is 15.8. The van der Waals surface area contributed by atoms with Crippen molar-refractivity contribution in [2.24, 2.45) is 5.14 Å². The number of halogens is 1. The summed E-state index contributed by atoms with van der Waals surface area (Å²) in [5, 5.41) is 8.23. The number of aromatic nitrogens is 2. The second kappa shape index (κ2) is 12.6. The maximum Gasteiger partial charge on any atom is 0.289 e. The van der Waals surface area contributed by atoms with Crippen LogP contribution < -0.4 is 35.3 Å². The summed E-state index contributed by atoms with van der Waals surface area (Å²) in [5.74, 6) is 2.29. The van der Waals surface area contributed by atoms with Crippen LogP contribution in [0.15, 0.2) is 56.9 Å². The molecule has 19 heteroatoms. The highest BCUT2D eigenvalue weighted by atomic mass is 35.5. The molecule has 0 atom stereocenters. The highest BCUT2D eigenvalue weighted by Gasteiger charge is 2.28. The number of anilines is 3. The van der Waals surface area contributed by atoms with Gasteiger partial charge in [-0.2, -0.15) is 9.71 Å². The van der Waals surface area contributed by atoms with Gasteiger partial charge in [0.1, 0.15) is 15.6 Å². The molecule has 6 N–H and O–H groups in total. The van der Waals surface area contributed by atoms with E-state index < -0.39 is 24.9 Å². The molecule has 2 aromatic heterocycles. The monoisotopic (exact) mass is 680 g/mol. The van der Waals surface area contributed by atoms with Crippen molar-refractivity contribution in [3.8, 4) is 11.5 Å². The lowest BCUT2D eigenvalue weighted by molar-refractivity contribution is 0.0714. The zero-order valence-electron chi connectivity index (χ0n) is 24.0. The predicted molar refractivity (Wildman–Crippen MR) is 166 cm³/mol. The number of nitrogens with one attached hydrogen (secondary N) is 2. The topological polar surface area (TPSA) is 225 Å². The number of rotatable bonds is 5. The second-order valence-corrected chi connectivity index (χ2v) is 13.4. The van der Waals surface area contributed by atoms with Crippen LogP contribution in [0.5, 0.6) is 11.5 Å². The van der Waals surface area contributed by atoms with Gasteiger partial charge in [0.25, 0.3) is 5.91 Å². The molecule has 2 aliphatic rings. The number of benzene rings is 2. The van der Waals surface area contributed by atoms with Crippen LogP contribution in [0.2, 0.25) is 5.02 Å². The summed E-state index contributed by atoms with van der Waals surface area (Å²) >= 11 is 5.72. The van der Waals surface area contributed by atoms with E-state index >= 15 is 0 Å². The number of amides is 1. The number of carbonyl (C=O) groups excluding carboxylic acids is 1. The summed E-state index contributed by atoms with van der Waals surface area (Å²) in [6.07, 6.45) is 1.50. The number of methoxy groups -OCH3 is 2. The Bertz CT molecular complexity index is 1970. The van der Waals surface area contributed by atoms with Crippen LogP contribution in [0.4, 0.5) is 17.5 Å². The quantitative estimate of drug-likeness (QED) is 0.234. The fourth-order valence-electron chi connectivity index (χ4n) is 4.69. The Morgan fingerprint density at radius 3 is 2.38 bits per heavy atom. The van der Waals surface area contributed by atoms with Gasteiger partial charge in [0.15, 0.2) is 17.3 Å². The molecule has 0 saturated carbocycles. The van der Waals surface area contributed by atoms with Crippen molar-refractivity contribution < 1.29 is 35.5 Å². The number of piperazine rings is 1. The molecule has 0 aliphatic carbocycles. The van der Waals surface area contributed by atoms with Crippen molar-refractivity contribution in [3.63, 3.8) is 0 Å². The van der Waals surface area contributed by atoms with Gasteiger partial charge < -0.3 is 34.7 Å². The van der Waals surface area contributed by atoms with Crippen molar-refractivity contribution >= 4 is 65.9 Å². The SMILES string of the molecule is COc1cc2nc(N3CCN(C(=O)c4ccco4)CC3)nc(N)c2cc1OC.NS(=O)(=O)c1cc2c(cc1Cl)NCNS2(=O)=O.